The third-order valence-electron chi connectivity index (χ3n) is 8.03. The van der Waals surface area contributed by atoms with Crippen LogP contribution in [-0.2, 0) is 23.4 Å². The Balaban J connectivity index is 1.69. The molecule has 0 radical (unpaired) electrons. The molecule has 208 valence electrons. The lowest BCUT2D eigenvalue weighted by atomic mass is 9.78. The Bertz CT molecular complexity index is 1670. The highest BCUT2D eigenvalue weighted by molar-refractivity contribution is 6.00. The van der Waals surface area contributed by atoms with Gasteiger partial charge in [-0.25, -0.2) is 9.48 Å². The molecule has 42 heavy (non-hydrogen) atoms. The summed E-state index contributed by atoms with van der Waals surface area (Å²) < 4.78 is 7.65. The normalized spacial score (nSPS) is 18.2. The topological polar surface area (TPSA) is 55.6 Å². The van der Waals surface area contributed by atoms with Gasteiger partial charge in [0.15, 0.2) is 6.04 Å². The second-order valence-electron chi connectivity index (χ2n) is 10.5. The maximum atomic E-state index is 14.0. The molecule has 0 spiro atoms. The van der Waals surface area contributed by atoms with Crippen molar-refractivity contribution in [2.75, 3.05) is 7.11 Å². The monoisotopic (exact) mass is 552 g/mol. The van der Waals surface area contributed by atoms with Gasteiger partial charge in [0.2, 0.25) is 5.54 Å². The van der Waals surface area contributed by atoms with Crippen LogP contribution in [0.4, 0.5) is 0 Å². The van der Waals surface area contributed by atoms with Gasteiger partial charge >= 0.3 is 0 Å². The van der Waals surface area contributed by atoms with Crippen LogP contribution in [0, 0.1) is 0 Å². The number of benzene rings is 5. The number of methoxy groups -OCH3 is 1. The van der Waals surface area contributed by atoms with Crippen molar-refractivity contribution in [1.29, 1.82) is 0 Å². The Kier molecular flexibility index (Phi) is 7.56. The Hall–Kier alpha value is -5.16. The Morgan fingerprint density at radius 1 is 0.738 bits per heavy atom. The maximum Gasteiger partial charge on any atom is 0.281 e. The fraction of sp³-hybridized carbons (Fsp3) is 0.135. The van der Waals surface area contributed by atoms with E-state index in [0.717, 1.165) is 33.8 Å². The minimum Gasteiger partial charge on any atom is -0.545 e. The molecule has 0 saturated carbocycles. The molecule has 5 aromatic carbocycles. The van der Waals surface area contributed by atoms with Gasteiger partial charge < -0.3 is 14.6 Å². The lowest BCUT2D eigenvalue weighted by Gasteiger charge is -2.39. The molecular weight excluding hydrogens is 520 g/mol. The average Bonchev–Trinajstić information content (AvgIpc) is 3.33. The van der Waals surface area contributed by atoms with Gasteiger partial charge in [0, 0.05) is 11.1 Å². The van der Waals surface area contributed by atoms with E-state index in [1.165, 1.54) is 0 Å². The minimum absolute atomic E-state index is 0.339. The zero-order valence-corrected chi connectivity index (χ0v) is 23.5. The molecule has 0 aromatic heterocycles. The number of hydrogen-bond donors (Lipinski definition) is 0. The van der Waals surface area contributed by atoms with Gasteiger partial charge in [-0.1, -0.05) is 121 Å². The molecule has 5 nitrogen and oxygen atoms in total. The van der Waals surface area contributed by atoms with Gasteiger partial charge in [0.1, 0.15) is 18.8 Å². The lowest BCUT2D eigenvalue weighted by molar-refractivity contribution is -0.587. The van der Waals surface area contributed by atoms with Crippen LogP contribution in [0.1, 0.15) is 33.9 Å². The molecule has 1 aliphatic heterocycles. The van der Waals surface area contributed by atoms with Crippen molar-refractivity contribution in [2.45, 2.75) is 24.7 Å². The summed E-state index contributed by atoms with van der Waals surface area (Å²) in [6.07, 6.45) is 0. The number of ether oxygens (including phenoxy) is 1. The van der Waals surface area contributed by atoms with Crippen LogP contribution < -0.4 is 9.84 Å². The van der Waals surface area contributed by atoms with Crippen LogP contribution >= 0.6 is 0 Å². The second kappa shape index (κ2) is 11.8. The molecule has 2 atom stereocenters. The van der Waals surface area contributed by atoms with Gasteiger partial charge in [-0.2, -0.15) is 0 Å². The summed E-state index contributed by atoms with van der Waals surface area (Å²) in [6.45, 7) is 0.845. The number of carboxylic acids is 1. The summed E-state index contributed by atoms with van der Waals surface area (Å²) >= 11 is 0. The molecular formula is C37H32N2O3. The molecule has 0 saturated heterocycles. The highest BCUT2D eigenvalue weighted by Crippen LogP contribution is 2.49. The van der Waals surface area contributed by atoms with Crippen LogP contribution in [0.5, 0.6) is 5.75 Å². The van der Waals surface area contributed by atoms with Crippen LogP contribution in [0.2, 0.25) is 0 Å². The molecule has 2 unspecified atom stereocenters. The summed E-state index contributed by atoms with van der Waals surface area (Å²) in [7, 11) is 1.64. The van der Waals surface area contributed by atoms with Gasteiger partial charge in [-0.05, 0) is 35.4 Å². The largest absolute Gasteiger partial charge is 0.545 e. The van der Waals surface area contributed by atoms with Crippen LogP contribution in [0.25, 0.3) is 0 Å². The van der Waals surface area contributed by atoms with Crippen LogP contribution in [-0.4, -0.2) is 28.4 Å². The van der Waals surface area contributed by atoms with E-state index in [9.17, 15) is 9.90 Å². The van der Waals surface area contributed by atoms with Crippen molar-refractivity contribution in [1.82, 2.24) is 4.90 Å². The third-order valence-corrected chi connectivity index (χ3v) is 8.03. The molecule has 0 amide bonds. The van der Waals surface area contributed by atoms with E-state index in [2.05, 4.69) is 16.7 Å². The number of aliphatic carboxylic acids is 1. The predicted octanol–water partition coefficient (Wildman–Crippen LogP) is 5.56. The summed E-state index contributed by atoms with van der Waals surface area (Å²) in [5.41, 5.74) is 2.98. The maximum absolute atomic E-state index is 14.0. The number of hydrogen-bond acceptors (Lipinski definition) is 4. The highest BCUT2D eigenvalue weighted by Gasteiger charge is 2.63. The molecule has 6 rings (SSSR count). The van der Waals surface area contributed by atoms with E-state index < -0.39 is 17.6 Å². The summed E-state index contributed by atoms with van der Waals surface area (Å²) in [5, 5.41) is 14.0. The standard InChI is InChI=1S/C37H32N2O3/c1-42-33-24-22-29(23-25-33)27-39-35(31-18-10-4-11-19-31)38(26-28-14-6-2-7-15-28)34(30-16-8-3-9-17-30)37(39,36(40)41)32-20-12-5-13-21-32/h2-25,34H,26-27H2,1H3. The third kappa shape index (κ3) is 4.83. The van der Waals surface area contributed by atoms with E-state index in [-0.39, 0.29) is 0 Å². The van der Waals surface area contributed by atoms with E-state index in [1.807, 2.05) is 138 Å². The molecule has 0 N–H and O–H groups in total. The van der Waals surface area contributed by atoms with Crippen LogP contribution in [0.15, 0.2) is 146 Å². The number of carbonyl (C=O) groups is 1. The molecule has 0 fully saturated rings. The Morgan fingerprint density at radius 3 is 1.86 bits per heavy atom. The lowest BCUT2D eigenvalue weighted by Crippen LogP contribution is -2.59. The van der Waals surface area contributed by atoms with Crippen molar-refractivity contribution in [3.63, 3.8) is 0 Å². The fourth-order valence-electron chi connectivity index (χ4n) is 6.19. The van der Waals surface area contributed by atoms with Gasteiger partial charge in [0.05, 0.1) is 18.6 Å². The highest BCUT2D eigenvalue weighted by atomic mass is 16.5. The first-order valence-corrected chi connectivity index (χ1v) is 14.1. The zero-order chi connectivity index (χ0) is 28.9. The molecule has 0 aliphatic carbocycles. The summed E-state index contributed by atoms with van der Waals surface area (Å²) in [4.78, 5) is 16.0. The van der Waals surface area contributed by atoms with E-state index in [0.29, 0.717) is 18.7 Å². The van der Waals surface area contributed by atoms with Gasteiger partial charge in [-0.15, -0.1) is 0 Å². The summed E-state index contributed by atoms with van der Waals surface area (Å²) in [5.74, 6) is 0.423. The Morgan fingerprint density at radius 2 is 1.29 bits per heavy atom. The SMILES string of the molecule is COc1ccc(CN2C(c3ccccc3)=[N+](Cc3ccccc3)C(c3ccccc3)C2(C(=O)[O-])c2ccccc2)cc1. The zero-order valence-electron chi connectivity index (χ0n) is 23.5. The first-order valence-electron chi connectivity index (χ1n) is 14.1. The Labute approximate surface area is 246 Å². The van der Waals surface area contributed by atoms with E-state index in [4.69, 9.17) is 4.74 Å². The fourth-order valence-corrected chi connectivity index (χ4v) is 6.19. The number of carbonyl (C=O) groups excluding carboxylic acids is 1. The van der Waals surface area contributed by atoms with Crippen molar-refractivity contribution >= 4 is 11.8 Å². The molecule has 1 heterocycles. The number of nitrogens with zero attached hydrogens (tertiary/aromatic N) is 2. The first-order chi connectivity index (χ1) is 20.6. The van der Waals surface area contributed by atoms with Crippen molar-refractivity contribution < 1.29 is 19.2 Å². The molecule has 5 heteroatoms. The first kappa shape index (κ1) is 27.0. The van der Waals surface area contributed by atoms with Gasteiger partial charge in [-0.3, -0.25) is 0 Å². The number of carboxylic acid groups (broad SMARTS) is 1. The van der Waals surface area contributed by atoms with Crippen molar-refractivity contribution in [3.05, 3.63) is 173 Å². The predicted molar refractivity (Wildman–Crippen MR) is 162 cm³/mol. The number of rotatable bonds is 9. The van der Waals surface area contributed by atoms with Crippen molar-refractivity contribution in [3.8, 4) is 5.75 Å². The number of amidine groups is 1. The molecule has 1 aliphatic rings. The second-order valence-corrected chi connectivity index (χ2v) is 10.5. The average molecular weight is 553 g/mol. The summed E-state index contributed by atoms with van der Waals surface area (Å²) in [6, 6.07) is 46.9. The van der Waals surface area contributed by atoms with Crippen LogP contribution in [0.3, 0.4) is 0 Å². The minimum atomic E-state index is -1.55. The van der Waals surface area contributed by atoms with Gasteiger partial charge in [0.25, 0.3) is 5.84 Å². The molecule has 5 aromatic rings. The molecule has 0 bridgehead atoms. The van der Waals surface area contributed by atoms with E-state index in [1.54, 1.807) is 7.11 Å². The smallest absolute Gasteiger partial charge is 0.281 e. The van der Waals surface area contributed by atoms with E-state index >= 15 is 0 Å². The van der Waals surface area contributed by atoms with Crippen molar-refractivity contribution in [2.24, 2.45) is 0 Å². The quantitative estimate of drug-likeness (QED) is 0.225.